The molecule has 2 saturated heterocycles. The normalized spacial score (nSPS) is 25.1. The van der Waals surface area contributed by atoms with Gasteiger partial charge >= 0.3 is 11.6 Å². The van der Waals surface area contributed by atoms with Crippen molar-refractivity contribution in [3.8, 4) is 0 Å². The van der Waals surface area contributed by atoms with Crippen LogP contribution in [-0.4, -0.2) is 23.4 Å². The van der Waals surface area contributed by atoms with Crippen LogP contribution >= 0.6 is 11.6 Å². The van der Waals surface area contributed by atoms with Crippen molar-refractivity contribution in [1.29, 1.82) is 0 Å². The highest BCUT2D eigenvalue weighted by molar-refractivity contribution is 6.61. The molecule has 0 amide bonds. The molecule has 1 aromatic rings. The third-order valence-electron chi connectivity index (χ3n) is 5.22. The summed E-state index contributed by atoms with van der Waals surface area (Å²) in [6, 6.07) is 5.05. The van der Waals surface area contributed by atoms with Crippen molar-refractivity contribution in [3.05, 3.63) is 52.9 Å². The Labute approximate surface area is 147 Å². The average molecular weight is 370 g/mol. The van der Waals surface area contributed by atoms with E-state index in [1.165, 1.54) is 6.07 Å². The number of alkyl halides is 3. The summed E-state index contributed by atoms with van der Waals surface area (Å²) in [6.07, 6.45) is -0.755. The number of benzene rings is 1. The van der Waals surface area contributed by atoms with Gasteiger partial charge in [-0.25, -0.2) is 4.79 Å². The molecule has 0 spiro atoms. The maximum absolute atomic E-state index is 13.0. The van der Waals surface area contributed by atoms with E-state index in [1.807, 2.05) is 6.08 Å². The molecule has 1 aromatic carbocycles. The summed E-state index contributed by atoms with van der Waals surface area (Å²) >= 11 is 5.44. The predicted octanol–water partition coefficient (Wildman–Crippen LogP) is 5.03. The second-order valence-electron chi connectivity index (χ2n) is 6.59. The van der Waals surface area contributed by atoms with Crippen LogP contribution in [0.5, 0.6) is 0 Å². The van der Waals surface area contributed by atoms with Crippen molar-refractivity contribution in [1.82, 2.24) is 4.90 Å². The number of hydrogen-bond donors (Lipinski definition) is 0. The molecule has 7 heteroatoms. The zero-order chi connectivity index (χ0) is 17.8. The molecule has 0 aromatic heterocycles. The van der Waals surface area contributed by atoms with Crippen molar-refractivity contribution in [2.24, 2.45) is 11.8 Å². The molecule has 3 nitrogen and oxygen atoms in total. The number of nitrogens with zero attached hydrogens (tertiary/aromatic N) is 1. The van der Waals surface area contributed by atoms with E-state index in [2.05, 4.69) is 4.90 Å². The summed E-state index contributed by atoms with van der Waals surface area (Å²) < 4.78 is 44.4. The molecule has 2 heterocycles. The van der Waals surface area contributed by atoms with Crippen LogP contribution in [0.4, 0.5) is 18.0 Å². The fourth-order valence-corrected chi connectivity index (χ4v) is 4.26. The first-order valence-electron chi connectivity index (χ1n) is 8.09. The smallest absolute Gasteiger partial charge is 0.412 e. The third-order valence-corrected chi connectivity index (χ3v) is 5.30. The van der Waals surface area contributed by atoms with Crippen LogP contribution in [0.25, 0.3) is 5.57 Å². The molecular formula is C18H15ClF3NO2. The molecule has 2 atom stereocenters. The molecule has 0 N–H and O–H groups in total. The predicted molar refractivity (Wildman–Crippen MR) is 86.6 cm³/mol. The largest absolute Gasteiger partial charge is 0.416 e. The minimum absolute atomic E-state index is 0.245. The van der Waals surface area contributed by atoms with Gasteiger partial charge in [0.1, 0.15) is 0 Å². The lowest BCUT2D eigenvalue weighted by Gasteiger charge is -2.32. The van der Waals surface area contributed by atoms with Gasteiger partial charge in [0.05, 0.1) is 11.3 Å². The monoisotopic (exact) mass is 369 g/mol. The van der Waals surface area contributed by atoms with Gasteiger partial charge in [0.25, 0.3) is 0 Å². The van der Waals surface area contributed by atoms with Gasteiger partial charge in [-0.05, 0) is 36.5 Å². The van der Waals surface area contributed by atoms with Crippen molar-refractivity contribution in [3.63, 3.8) is 0 Å². The third kappa shape index (κ3) is 2.82. The SMILES string of the molecule is O=C(Cl)OC1=C2C(CC=C1c1cccc(C(F)(F)F)c1)[C@@H]1CCN2C1. The van der Waals surface area contributed by atoms with Gasteiger partial charge < -0.3 is 9.64 Å². The zero-order valence-electron chi connectivity index (χ0n) is 13.1. The van der Waals surface area contributed by atoms with E-state index >= 15 is 0 Å². The van der Waals surface area contributed by atoms with Gasteiger partial charge in [0.2, 0.25) is 0 Å². The summed E-state index contributed by atoms with van der Waals surface area (Å²) in [5.41, 5.74) is 0.0598. The Hall–Kier alpha value is -1.95. The molecule has 132 valence electrons. The Morgan fingerprint density at radius 3 is 2.84 bits per heavy atom. The number of piperidine rings is 1. The molecule has 0 saturated carbocycles. The van der Waals surface area contributed by atoms with E-state index in [0.717, 1.165) is 43.8 Å². The Bertz CT molecular complexity index is 800. The van der Waals surface area contributed by atoms with Gasteiger partial charge in [0, 0.05) is 36.2 Å². The van der Waals surface area contributed by atoms with E-state index in [4.69, 9.17) is 16.3 Å². The number of halogens is 4. The van der Waals surface area contributed by atoms with Crippen LogP contribution < -0.4 is 0 Å². The molecule has 1 aliphatic carbocycles. The molecule has 3 aliphatic rings. The van der Waals surface area contributed by atoms with E-state index < -0.39 is 17.2 Å². The molecule has 25 heavy (non-hydrogen) atoms. The summed E-state index contributed by atoms with van der Waals surface area (Å²) in [6.45, 7) is 1.77. The minimum atomic E-state index is -4.43. The van der Waals surface area contributed by atoms with Crippen LogP contribution in [0.2, 0.25) is 0 Å². The maximum Gasteiger partial charge on any atom is 0.416 e. The lowest BCUT2D eigenvalue weighted by Crippen LogP contribution is -2.26. The molecule has 2 fully saturated rings. The van der Waals surface area contributed by atoms with Gasteiger partial charge in [0.15, 0.2) is 5.76 Å². The number of fused-ring (bicyclic) bond motifs is 5. The van der Waals surface area contributed by atoms with Crippen molar-refractivity contribution >= 4 is 22.6 Å². The Kier molecular flexibility index (Phi) is 3.83. The second-order valence-corrected chi connectivity index (χ2v) is 6.90. The van der Waals surface area contributed by atoms with Crippen LogP contribution in [-0.2, 0) is 10.9 Å². The summed E-state index contributed by atoms with van der Waals surface area (Å²) in [5, 5.41) is 0. The Balaban J connectivity index is 1.79. The van der Waals surface area contributed by atoms with Crippen molar-refractivity contribution < 1.29 is 22.7 Å². The molecule has 4 rings (SSSR count). The van der Waals surface area contributed by atoms with Gasteiger partial charge in [-0.15, -0.1) is 0 Å². The number of allylic oxidation sites excluding steroid dienone is 3. The van der Waals surface area contributed by atoms with E-state index in [0.29, 0.717) is 22.8 Å². The first kappa shape index (κ1) is 16.5. The Morgan fingerprint density at radius 2 is 2.12 bits per heavy atom. The summed E-state index contributed by atoms with van der Waals surface area (Å²) in [5.74, 6) is 1.05. The lowest BCUT2D eigenvalue weighted by atomic mass is 9.81. The summed E-state index contributed by atoms with van der Waals surface area (Å²) in [4.78, 5) is 13.6. The molecule has 0 radical (unpaired) electrons. The van der Waals surface area contributed by atoms with E-state index in [-0.39, 0.29) is 5.92 Å². The van der Waals surface area contributed by atoms with Crippen molar-refractivity contribution in [2.75, 3.05) is 13.1 Å². The number of hydrogen-bond acceptors (Lipinski definition) is 3. The highest BCUT2D eigenvalue weighted by atomic mass is 35.5. The van der Waals surface area contributed by atoms with Crippen LogP contribution in [0.1, 0.15) is 24.0 Å². The van der Waals surface area contributed by atoms with Gasteiger partial charge in [-0.3, -0.25) is 0 Å². The van der Waals surface area contributed by atoms with E-state index in [9.17, 15) is 18.0 Å². The summed E-state index contributed by atoms with van der Waals surface area (Å²) in [7, 11) is 0. The lowest BCUT2D eigenvalue weighted by molar-refractivity contribution is -0.137. The van der Waals surface area contributed by atoms with Gasteiger partial charge in [-0.1, -0.05) is 18.2 Å². The number of carbonyl (C=O) groups excluding carboxylic acids is 1. The first-order valence-corrected chi connectivity index (χ1v) is 8.47. The molecule has 2 aliphatic heterocycles. The average Bonchev–Trinajstić information content (AvgIpc) is 3.16. The highest BCUT2D eigenvalue weighted by Gasteiger charge is 2.46. The van der Waals surface area contributed by atoms with Crippen LogP contribution in [0.3, 0.4) is 0 Å². The molecular weight excluding hydrogens is 355 g/mol. The second kappa shape index (κ2) is 5.80. The maximum atomic E-state index is 13.0. The fraction of sp³-hybridized carbons (Fsp3) is 0.389. The topological polar surface area (TPSA) is 29.5 Å². The number of ether oxygens (including phenoxy) is 1. The van der Waals surface area contributed by atoms with E-state index in [1.54, 1.807) is 6.07 Å². The van der Waals surface area contributed by atoms with Crippen molar-refractivity contribution in [2.45, 2.75) is 19.0 Å². The first-order chi connectivity index (χ1) is 11.8. The molecule has 2 bridgehead atoms. The quantitative estimate of drug-likeness (QED) is 0.685. The van der Waals surface area contributed by atoms with Crippen LogP contribution in [0, 0.1) is 11.8 Å². The van der Waals surface area contributed by atoms with Crippen LogP contribution in [0.15, 0.2) is 41.8 Å². The Morgan fingerprint density at radius 1 is 1.32 bits per heavy atom. The molecule has 1 unspecified atom stereocenters. The number of carbonyl (C=O) groups is 1. The minimum Gasteiger partial charge on any atom is -0.412 e. The highest BCUT2D eigenvalue weighted by Crippen LogP contribution is 2.50. The standard InChI is InChI=1S/C18H15ClF3NO2/c19-17(24)25-16-14(10-2-1-3-12(8-10)18(20,21)22)5-4-13-11-6-7-23(9-11)15(13)16/h1-3,5,8,11,13H,4,6-7,9H2/t11-,13?/m1/s1. The zero-order valence-corrected chi connectivity index (χ0v) is 13.9. The van der Waals surface area contributed by atoms with Gasteiger partial charge in [-0.2, -0.15) is 13.2 Å². The number of rotatable bonds is 2. The fourth-order valence-electron chi connectivity index (χ4n) is 4.18.